The van der Waals surface area contributed by atoms with Crippen molar-refractivity contribution in [1.29, 1.82) is 0 Å². The lowest BCUT2D eigenvalue weighted by Gasteiger charge is -2.08. The van der Waals surface area contributed by atoms with E-state index in [0.29, 0.717) is 6.54 Å². The van der Waals surface area contributed by atoms with E-state index in [1.165, 1.54) is 6.21 Å². The highest BCUT2D eigenvalue weighted by Crippen LogP contribution is 2.20. The maximum Gasteiger partial charge on any atom is 0.422 e. The SMILES string of the molecule is CC=CC1OC(C=[N+]=C=NCCCCC)C(O)C1O. The molecule has 4 unspecified atom stereocenters. The minimum absolute atomic E-state index is 0.488. The lowest BCUT2D eigenvalue weighted by Crippen LogP contribution is -2.32. The quantitative estimate of drug-likeness (QED) is 0.319. The van der Waals surface area contributed by atoms with Gasteiger partial charge in [-0.15, -0.1) is 0 Å². The van der Waals surface area contributed by atoms with Crippen LogP contribution in [0, 0.1) is 0 Å². The van der Waals surface area contributed by atoms with Gasteiger partial charge in [0.2, 0.25) is 6.21 Å². The molecule has 0 amide bonds. The number of hydrogen-bond donors (Lipinski definition) is 2. The fraction of sp³-hybridized carbons (Fsp3) is 0.714. The number of nitrogens with zero attached hydrogens (tertiary/aromatic N) is 2. The highest BCUT2D eigenvalue weighted by molar-refractivity contribution is 5.66. The Bertz CT molecular complexity index is 382. The van der Waals surface area contributed by atoms with E-state index in [1.54, 1.807) is 12.2 Å². The summed E-state index contributed by atoms with van der Waals surface area (Å²) in [5, 5.41) is 19.5. The molecule has 1 heterocycles. The molecule has 0 aliphatic carbocycles. The first-order chi connectivity index (χ1) is 9.20. The third kappa shape index (κ3) is 5.11. The zero-order valence-corrected chi connectivity index (χ0v) is 11.6. The van der Waals surface area contributed by atoms with Gasteiger partial charge in [-0.2, -0.15) is 4.67 Å². The van der Waals surface area contributed by atoms with Crippen LogP contribution in [-0.2, 0) is 4.74 Å². The zero-order valence-electron chi connectivity index (χ0n) is 11.6. The number of aliphatic hydroxyl groups excluding tert-OH is 2. The van der Waals surface area contributed by atoms with Crippen LogP contribution in [0.2, 0.25) is 0 Å². The predicted octanol–water partition coefficient (Wildman–Crippen LogP) is 0.554. The molecule has 5 nitrogen and oxygen atoms in total. The highest BCUT2D eigenvalue weighted by atomic mass is 16.5. The summed E-state index contributed by atoms with van der Waals surface area (Å²) in [7, 11) is 0. The van der Waals surface area contributed by atoms with E-state index in [4.69, 9.17) is 4.74 Å². The molecule has 1 rings (SSSR count). The Balaban J connectivity index is 2.50. The maximum absolute atomic E-state index is 9.77. The van der Waals surface area contributed by atoms with E-state index in [1.807, 2.05) is 6.92 Å². The van der Waals surface area contributed by atoms with E-state index >= 15 is 0 Å². The van der Waals surface area contributed by atoms with Crippen molar-refractivity contribution in [3.63, 3.8) is 0 Å². The van der Waals surface area contributed by atoms with Crippen LogP contribution in [0.5, 0.6) is 0 Å². The number of aliphatic hydroxyl groups is 2. The summed E-state index contributed by atoms with van der Waals surface area (Å²) in [6.07, 6.45) is 5.27. The van der Waals surface area contributed by atoms with Crippen LogP contribution in [0.15, 0.2) is 17.1 Å². The summed E-state index contributed by atoms with van der Waals surface area (Å²) in [6, 6.07) is 2.56. The number of unbranched alkanes of at least 4 members (excludes halogenated alkanes) is 2. The standard InChI is InChI=1S/C14H23N2O3/c1-3-5-6-8-15-10-16-9-12-14(18)13(17)11(19-12)7-4-2/h4,7,9,11-14,17-18H,3,5-6,8H2,1-2H3/q+1. The molecule has 0 bridgehead atoms. The Labute approximate surface area is 114 Å². The third-order valence-corrected chi connectivity index (χ3v) is 2.94. The molecule has 19 heavy (non-hydrogen) atoms. The molecule has 0 aromatic rings. The first-order valence-corrected chi connectivity index (χ1v) is 6.79. The third-order valence-electron chi connectivity index (χ3n) is 2.94. The van der Waals surface area contributed by atoms with Gasteiger partial charge in [0.1, 0.15) is 24.9 Å². The van der Waals surface area contributed by atoms with Gasteiger partial charge in [-0.05, 0) is 24.8 Å². The van der Waals surface area contributed by atoms with Gasteiger partial charge >= 0.3 is 6.01 Å². The molecule has 5 heteroatoms. The normalized spacial score (nSPS) is 30.1. The number of ether oxygens (including phenoxy) is 1. The molecule has 0 spiro atoms. The minimum Gasteiger partial charge on any atom is -0.387 e. The monoisotopic (exact) mass is 267 g/mol. The molecule has 0 saturated carbocycles. The first kappa shape index (κ1) is 15.8. The van der Waals surface area contributed by atoms with Gasteiger partial charge in [-0.25, -0.2) is 0 Å². The molecule has 2 N–H and O–H groups in total. The molecular formula is C14H23N2O3+. The maximum atomic E-state index is 9.77. The van der Waals surface area contributed by atoms with Crippen molar-refractivity contribution in [3.05, 3.63) is 12.2 Å². The molecular weight excluding hydrogens is 244 g/mol. The van der Waals surface area contributed by atoms with Crippen LogP contribution in [0.3, 0.4) is 0 Å². The lowest BCUT2D eigenvalue weighted by molar-refractivity contribution is 0.0410. The summed E-state index contributed by atoms with van der Waals surface area (Å²) in [5.41, 5.74) is 0. The van der Waals surface area contributed by atoms with Gasteiger partial charge in [0, 0.05) is 0 Å². The Hall–Kier alpha value is -1.22. The number of hydrogen-bond acceptors (Lipinski definition) is 4. The Morgan fingerprint density at radius 1 is 1.26 bits per heavy atom. The zero-order chi connectivity index (χ0) is 14.1. The van der Waals surface area contributed by atoms with Crippen molar-refractivity contribution in [3.8, 4) is 0 Å². The second-order valence-electron chi connectivity index (χ2n) is 4.54. The van der Waals surface area contributed by atoms with Crippen LogP contribution in [0.1, 0.15) is 33.1 Å². The van der Waals surface area contributed by atoms with Gasteiger partial charge in [-0.1, -0.05) is 25.5 Å². The average molecular weight is 267 g/mol. The molecule has 1 saturated heterocycles. The molecule has 0 radical (unpaired) electrons. The Kier molecular flexibility index (Phi) is 7.34. The lowest BCUT2D eigenvalue weighted by atomic mass is 10.1. The number of allylic oxidation sites excluding steroid dienone is 1. The molecule has 0 aromatic carbocycles. The largest absolute Gasteiger partial charge is 0.422 e. The minimum atomic E-state index is -0.966. The van der Waals surface area contributed by atoms with Crippen LogP contribution in [0.25, 0.3) is 0 Å². The Morgan fingerprint density at radius 2 is 2.00 bits per heavy atom. The van der Waals surface area contributed by atoms with E-state index in [9.17, 15) is 10.2 Å². The molecule has 1 fully saturated rings. The van der Waals surface area contributed by atoms with Crippen LogP contribution in [-0.4, -0.2) is 53.4 Å². The van der Waals surface area contributed by atoms with Gasteiger partial charge in [0.15, 0.2) is 6.10 Å². The summed E-state index contributed by atoms with van der Waals surface area (Å²) in [5.74, 6) is 0. The van der Waals surface area contributed by atoms with Crippen molar-refractivity contribution in [2.45, 2.75) is 57.5 Å². The van der Waals surface area contributed by atoms with Crippen molar-refractivity contribution in [2.75, 3.05) is 6.54 Å². The second kappa shape index (κ2) is 8.81. The molecule has 1 aliphatic rings. The average Bonchev–Trinajstić information content (AvgIpc) is 2.67. The van der Waals surface area contributed by atoms with Crippen molar-refractivity contribution >= 4 is 12.2 Å². The highest BCUT2D eigenvalue weighted by Gasteiger charge is 2.41. The topological polar surface area (TPSA) is 76.2 Å². The second-order valence-corrected chi connectivity index (χ2v) is 4.54. The fourth-order valence-corrected chi connectivity index (χ4v) is 1.84. The molecule has 0 aromatic heterocycles. The summed E-state index contributed by atoms with van der Waals surface area (Å²) in [4.78, 5) is 4.01. The van der Waals surface area contributed by atoms with Gasteiger partial charge < -0.3 is 14.9 Å². The summed E-state index contributed by atoms with van der Waals surface area (Å²) < 4.78 is 9.32. The van der Waals surface area contributed by atoms with Gasteiger partial charge in [0.25, 0.3) is 0 Å². The molecule has 4 atom stereocenters. The van der Waals surface area contributed by atoms with E-state index in [2.05, 4.69) is 22.6 Å². The van der Waals surface area contributed by atoms with Gasteiger partial charge in [-0.3, -0.25) is 0 Å². The van der Waals surface area contributed by atoms with Crippen molar-refractivity contribution in [1.82, 2.24) is 4.67 Å². The van der Waals surface area contributed by atoms with Crippen LogP contribution >= 0.6 is 0 Å². The van der Waals surface area contributed by atoms with Crippen molar-refractivity contribution < 1.29 is 14.9 Å². The first-order valence-electron chi connectivity index (χ1n) is 6.79. The van der Waals surface area contributed by atoms with Crippen molar-refractivity contribution in [2.24, 2.45) is 4.99 Å². The smallest absolute Gasteiger partial charge is 0.387 e. The van der Waals surface area contributed by atoms with E-state index in [0.717, 1.165) is 19.3 Å². The number of rotatable bonds is 6. The van der Waals surface area contributed by atoms with Crippen LogP contribution in [0.4, 0.5) is 0 Å². The molecule has 106 valence electrons. The van der Waals surface area contributed by atoms with E-state index < -0.39 is 24.4 Å². The Morgan fingerprint density at radius 3 is 2.68 bits per heavy atom. The molecule has 1 aliphatic heterocycles. The number of aliphatic imine (C=N–C) groups is 1. The van der Waals surface area contributed by atoms with Crippen LogP contribution < -0.4 is 4.67 Å². The van der Waals surface area contributed by atoms with Gasteiger partial charge in [0.05, 0.1) is 0 Å². The summed E-state index contributed by atoms with van der Waals surface area (Å²) in [6.45, 7) is 4.68. The van der Waals surface area contributed by atoms with E-state index in [-0.39, 0.29) is 0 Å². The summed E-state index contributed by atoms with van der Waals surface area (Å²) >= 11 is 0. The predicted molar refractivity (Wildman–Crippen MR) is 75.5 cm³/mol. The fourth-order valence-electron chi connectivity index (χ4n) is 1.84.